The monoisotopic (exact) mass is 2130 g/mol. The van der Waals surface area contributed by atoms with Crippen molar-refractivity contribution in [2.75, 3.05) is 59.4 Å². The molecule has 2 aliphatic rings. The van der Waals surface area contributed by atoms with Gasteiger partial charge in [0, 0.05) is 36.3 Å². The Kier molecular flexibility index (Phi) is 102. The number of ether oxygens (including phenoxy) is 8. The van der Waals surface area contributed by atoms with Gasteiger partial charge in [-0.05, 0) is 128 Å². The zero-order chi connectivity index (χ0) is 96.3. The molecular weight excluding hydrogens is 1980 g/mol. The van der Waals surface area contributed by atoms with Gasteiger partial charge < -0.3 is 85.0 Å². The molecule has 0 aromatic heterocycles. The standard InChI is InChI=1S/C18H34O7S.C16H26O7S.C16H30O7S.C16H35O4P.C8H14O7S.C6H11NO6S.4CH3.Ag.2Na/c1-4-7-9-10-12-24-17(19)13-16(26(21,22)23)18(20)25-14-15(6-3)11-8-5-2;17-15(22-12-7-3-1-4-8-12)11-14(24(19,20)21)16(18)23-13-9-5-2-6-10-13;1-3-5-7-9-11-22-15(17)13-14(24(19,20)21)16(18)23-12-10-8-6-4-2;1-5-9-11-15(7-3)13-19-21(17,18)20-14-16(8-4)12-10-6-2;1-3-14-7(9)5-6(16(11,12)13)8(10)15-4-2;1-2-7-6(10)4(3-5(8)9)14(11,12)13;;;;;;;/h15-16H,4-14H2,1-3H3,(H,21,22,23);12-14H,1-11H2,(H,19,20,21);14H,3-13H2,1-2H3,(H,19,20,21);15-16H,5-14H2,1-4H3,(H,17,18);6H,3-5H2,1-2H3,(H,11,12,13);4H,2-3H2,1H3,(H,7,10)(H,8,9)(H,11,12,13);4*1H3;;;/q;;;;;;7*+1/p-6. The number of esters is 8. The molecule has 0 aromatic rings. The predicted molar refractivity (Wildman–Crippen MR) is 477 cm³/mol. The van der Waals surface area contributed by atoms with E-state index in [1.807, 2.05) is 34.6 Å². The Hall–Kier alpha value is -3.42. The van der Waals surface area contributed by atoms with E-state index in [-0.39, 0.29) is 189 Å². The van der Waals surface area contributed by atoms with E-state index in [0.717, 1.165) is 186 Å². The Balaban J connectivity index is -0.000000148. The average Bonchev–Trinajstić information content (AvgIpc) is 0.867. The Morgan fingerprint density at radius 1 is 0.356 bits per heavy atom. The second kappa shape index (κ2) is 89.0. The number of hydrogen-bond acceptors (Lipinski definition) is 37. The first kappa shape index (κ1) is 151. The molecule has 2 aliphatic carbocycles. The summed E-state index contributed by atoms with van der Waals surface area (Å²) >= 11 is 0. The molecule has 8 unspecified atom stereocenters. The van der Waals surface area contributed by atoms with Crippen LogP contribution in [-0.2, 0) is 172 Å². The van der Waals surface area contributed by atoms with Gasteiger partial charge in [0.15, 0.2) is 21.0 Å². The smallest absolute Gasteiger partial charge is 0.756 e. The van der Waals surface area contributed by atoms with Crippen LogP contribution in [-0.4, -0.2) is 227 Å². The molecule has 8 atom stereocenters. The SMILES string of the molecule is CCCCC(CC)COP(=O)([O-])OCC(CC)CCCC.CCCCCCOC(=O)CC(C(=O)OCC(CC)CCCC)S(=O)(=O)[O-].CCCCCCOC(=O)CC(C(=O)OCCCCCC)S(=O)(=O)[O-].CCNC(=O)C(CC(=O)O)S(=O)(=O)[O-].CCOC(=O)CC(C(=O)OCC)S(=O)(=O)[O-].O=C(CC(C(=O)OC1CCCCC1)S(=O)(=O)[O-])OC1CCCCC1.[Ag+].[CH3+].[CH3+].[CH3+].[CH3+].[Na+].[Na+]. The predicted octanol–water partition coefficient (Wildman–Crippen LogP) is 6.41. The molecule has 0 bridgehead atoms. The van der Waals surface area contributed by atoms with Gasteiger partial charge in [-0.3, -0.25) is 52.5 Å². The number of carbonyl (C=O) groups excluding carboxylic acids is 9. The fraction of sp³-hybridized carbons (Fsp3) is 0.833. The summed E-state index contributed by atoms with van der Waals surface area (Å²) in [6, 6.07) is 0. The molecular formula is C84H156AgNNa2O38PS5+. The quantitative estimate of drug-likeness (QED) is 0.0126. The van der Waals surface area contributed by atoms with E-state index in [9.17, 15) is 122 Å². The zero-order valence-electron chi connectivity index (χ0n) is 81.6. The summed E-state index contributed by atoms with van der Waals surface area (Å²) in [5.74, 6) is -10.1. The van der Waals surface area contributed by atoms with Crippen LogP contribution in [0, 0.1) is 47.5 Å². The maximum atomic E-state index is 12.1. The number of aliphatic carboxylic acids is 1. The van der Waals surface area contributed by atoms with Crippen molar-refractivity contribution in [1.82, 2.24) is 5.32 Å². The molecule has 0 spiro atoms. The van der Waals surface area contributed by atoms with Gasteiger partial charge >= 0.3 is 135 Å². The van der Waals surface area contributed by atoms with Crippen LogP contribution in [0.2, 0.25) is 0 Å². The van der Waals surface area contributed by atoms with Crippen molar-refractivity contribution in [2.45, 2.75) is 372 Å². The molecule has 1 amide bonds. The van der Waals surface area contributed by atoms with Crippen LogP contribution < -0.4 is 69.3 Å². The summed E-state index contributed by atoms with van der Waals surface area (Å²) in [4.78, 5) is 126. The molecule has 2 fully saturated rings. The number of carbonyl (C=O) groups is 10. The average molecular weight is 2130 g/mol. The van der Waals surface area contributed by atoms with Gasteiger partial charge in [0.2, 0.25) is 5.91 Å². The number of rotatable bonds is 60. The van der Waals surface area contributed by atoms with Crippen molar-refractivity contribution >= 4 is 118 Å². The Morgan fingerprint density at radius 2 is 0.644 bits per heavy atom. The third-order valence-electron chi connectivity index (χ3n) is 19.3. The maximum absolute atomic E-state index is 12.1. The first-order valence-electron chi connectivity index (χ1n) is 43.7. The van der Waals surface area contributed by atoms with Gasteiger partial charge in [-0.25, -0.2) is 42.1 Å². The van der Waals surface area contributed by atoms with E-state index in [2.05, 4.69) is 42.5 Å². The van der Waals surface area contributed by atoms with Crippen LogP contribution >= 0.6 is 7.82 Å². The van der Waals surface area contributed by atoms with Gasteiger partial charge in [-0.15, -0.1) is 0 Å². The van der Waals surface area contributed by atoms with E-state index in [0.29, 0.717) is 43.9 Å². The second-order valence-electron chi connectivity index (χ2n) is 29.9. The zero-order valence-corrected chi connectivity index (χ0v) is 92.0. The molecule has 0 aliphatic heterocycles. The molecule has 48 heteroatoms. The van der Waals surface area contributed by atoms with Gasteiger partial charge in [0.1, 0.15) is 68.0 Å². The number of phosphoric acid groups is 1. The third-order valence-corrected chi connectivity index (χ3v) is 25.5. The fourth-order valence-electron chi connectivity index (χ4n) is 11.6. The molecule has 0 radical (unpaired) electrons. The number of phosphoric ester groups is 1. The molecule has 0 aromatic carbocycles. The van der Waals surface area contributed by atoms with E-state index in [1.165, 1.54) is 20.8 Å². The van der Waals surface area contributed by atoms with E-state index < -0.39 is 176 Å². The molecule has 2 N–H and O–H groups in total. The summed E-state index contributed by atoms with van der Waals surface area (Å²) < 4.78 is 226. The third kappa shape index (κ3) is 82.5. The van der Waals surface area contributed by atoms with Gasteiger partial charge in [0.25, 0.3) is 7.82 Å². The van der Waals surface area contributed by atoms with Gasteiger partial charge in [0.05, 0.1) is 85.0 Å². The molecule has 2 rings (SSSR count). The van der Waals surface area contributed by atoms with Crippen molar-refractivity contribution in [2.24, 2.45) is 17.8 Å². The molecule has 772 valence electrons. The molecule has 39 nitrogen and oxygen atoms in total. The first-order chi connectivity index (χ1) is 58.5. The summed E-state index contributed by atoms with van der Waals surface area (Å²) in [5, 5.41) is 0.166. The van der Waals surface area contributed by atoms with Crippen LogP contribution in [0.1, 0.15) is 333 Å². The number of carboxylic acid groups (broad SMARTS) is 1. The largest absolute Gasteiger partial charge is 1.00 e. The molecule has 0 heterocycles. The van der Waals surface area contributed by atoms with Crippen LogP contribution in [0.25, 0.3) is 0 Å². The van der Waals surface area contributed by atoms with Gasteiger partial charge in [-0.1, -0.05) is 191 Å². The summed E-state index contributed by atoms with van der Waals surface area (Å²) in [6.45, 7) is 24.0. The number of carboxylic acids is 1. The summed E-state index contributed by atoms with van der Waals surface area (Å²) in [5.41, 5.74) is 0. The summed E-state index contributed by atoms with van der Waals surface area (Å²) in [7, 11) is -28.9. The number of amides is 1. The number of unbranched alkanes of at least 4 members (excludes halogenated alkanes) is 12. The van der Waals surface area contributed by atoms with Crippen molar-refractivity contribution in [1.29, 1.82) is 0 Å². The minimum Gasteiger partial charge on any atom is -0.756 e. The van der Waals surface area contributed by atoms with Gasteiger partial charge in [-0.2, -0.15) is 0 Å². The first-order valence-corrected chi connectivity index (χ1v) is 52.6. The summed E-state index contributed by atoms with van der Waals surface area (Å²) in [6.07, 6.45) is 26.4. The van der Waals surface area contributed by atoms with Crippen LogP contribution in [0.5, 0.6) is 0 Å². The Labute approximate surface area is 850 Å². The maximum Gasteiger partial charge on any atom is 1.00 e. The van der Waals surface area contributed by atoms with Crippen LogP contribution in [0.3, 0.4) is 0 Å². The molecule has 2 saturated carbocycles. The topological polar surface area (TPSA) is 621 Å². The molecule has 132 heavy (non-hydrogen) atoms. The minimum absolute atomic E-state index is 0. The number of hydrogen-bond donors (Lipinski definition) is 2. The van der Waals surface area contributed by atoms with Crippen molar-refractivity contribution in [3.8, 4) is 0 Å². The molecule has 0 saturated heterocycles. The van der Waals surface area contributed by atoms with E-state index in [1.54, 1.807) is 0 Å². The van der Waals surface area contributed by atoms with Crippen molar-refractivity contribution < 1.29 is 256 Å². The van der Waals surface area contributed by atoms with E-state index >= 15 is 0 Å². The van der Waals surface area contributed by atoms with Crippen molar-refractivity contribution in [3.63, 3.8) is 0 Å². The van der Waals surface area contributed by atoms with E-state index in [4.69, 9.17) is 42.6 Å². The normalized spacial score (nSPS) is 14.7. The van der Waals surface area contributed by atoms with Crippen molar-refractivity contribution in [3.05, 3.63) is 29.7 Å². The van der Waals surface area contributed by atoms with Crippen LogP contribution in [0.15, 0.2) is 0 Å². The fourth-order valence-corrected chi connectivity index (χ4v) is 15.8. The van der Waals surface area contributed by atoms with Crippen LogP contribution in [0.4, 0.5) is 0 Å². The Bertz CT molecular complexity index is 3650. The Morgan fingerprint density at radius 3 is 0.947 bits per heavy atom. The minimum atomic E-state index is -5.00. The second-order valence-corrected chi connectivity index (χ2v) is 39.1. The number of nitrogens with one attached hydrogen (secondary N) is 1.